The van der Waals surface area contributed by atoms with Crippen molar-refractivity contribution in [2.24, 2.45) is 5.92 Å². The second-order valence-electron chi connectivity index (χ2n) is 5.09. The molecule has 1 atom stereocenters. The Hall–Kier alpha value is -1.08. The fraction of sp³-hybridized carbons (Fsp3) is 0.500. The van der Waals surface area contributed by atoms with E-state index >= 15 is 0 Å². The maximum absolute atomic E-state index is 8.92. The molecule has 1 nitrogen and oxygen atoms in total. The van der Waals surface area contributed by atoms with Gasteiger partial charge in [-0.2, -0.15) is 0 Å². The molecule has 0 aromatic heterocycles. The van der Waals surface area contributed by atoms with Gasteiger partial charge < -0.3 is 5.11 Å². The monoisotopic (exact) mass is 232 g/mol. The van der Waals surface area contributed by atoms with Crippen LogP contribution in [-0.2, 0) is 0 Å². The van der Waals surface area contributed by atoms with Crippen molar-refractivity contribution in [1.29, 1.82) is 0 Å². The van der Waals surface area contributed by atoms with E-state index in [0.717, 1.165) is 12.8 Å². The van der Waals surface area contributed by atoms with Gasteiger partial charge in [0, 0.05) is 6.61 Å². The van der Waals surface area contributed by atoms with Gasteiger partial charge in [-0.25, -0.2) is 0 Å². The molecule has 0 aliphatic heterocycles. The van der Waals surface area contributed by atoms with Gasteiger partial charge in [0.05, 0.1) is 0 Å². The smallest absolute Gasteiger partial charge is 0.0456 e. The van der Waals surface area contributed by atoms with Gasteiger partial charge in [-0.15, -0.1) is 0 Å². The van der Waals surface area contributed by atoms with Gasteiger partial charge in [-0.1, -0.05) is 57.2 Å². The molecule has 0 fully saturated rings. The fourth-order valence-corrected chi connectivity index (χ4v) is 1.71. The molecule has 0 unspecified atom stereocenters. The average Bonchev–Trinajstić information content (AvgIpc) is 2.34. The maximum Gasteiger partial charge on any atom is 0.0456 e. The van der Waals surface area contributed by atoms with Crippen molar-refractivity contribution >= 4 is 6.08 Å². The summed E-state index contributed by atoms with van der Waals surface area (Å²) >= 11 is 0. The summed E-state index contributed by atoms with van der Waals surface area (Å²) in [5.41, 5.74) is 2.66. The van der Waals surface area contributed by atoms with Crippen LogP contribution in [0.15, 0.2) is 30.3 Å². The van der Waals surface area contributed by atoms with Crippen LogP contribution in [0.4, 0.5) is 0 Å². The molecule has 0 heterocycles. The summed E-state index contributed by atoms with van der Waals surface area (Å²) in [6.07, 6.45) is 6.46. The van der Waals surface area contributed by atoms with Crippen LogP contribution in [0.2, 0.25) is 0 Å². The number of rotatable bonds is 6. The standard InChI is InChI=1S/C16H24O/c1-13(2)16-10-6-9-15(11-16)8-5-4-7-14(3)12-17/h5-6,8-11,13-14,17H,4,7,12H2,1-3H3/t14-/m0/s1. The zero-order chi connectivity index (χ0) is 12.7. The van der Waals surface area contributed by atoms with Crippen LogP contribution >= 0.6 is 0 Å². The molecular formula is C16H24O. The molecule has 0 aliphatic rings. The Morgan fingerprint density at radius 1 is 1.24 bits per heavy atom. The molecule has 1 aromatic rings. The first-order valence-corrected chi connectivity index (χ1v) is 6.51. The topological polar surface area (TPSA) is 20.2 Å². The zero-order valence-corrected chi connectivity index (χ0v) is 11.2. The van der Waals surface area contributed by atoms with Crippen molar-refractivity contribution in [3.05, 3.63) is 41.5 Å². The second-order valence-corrected chi connectivity index (χ2v) is 5.09. The molecular weight excluding hydrogens is 208 g/mol. The van der Waals surface area contributed by atoms with Crippen molar-refractivity contribution in [1.82, 2.24) is 0 Å². The van der Waals surface area contributed by atoms with Gasteiger partial charge in [-0.05, 0) is 35.8 Å². The minimum Gasteiger partial charge on any atom is -0.396 e. The summed E-state index contributed by atoms with van der Waals surface area (Å²) in [7, 11) is 0. The van der Waals surface area contributed by atoms with E-state index in [0.29, 0.717) is 11.8 Å². The Morgan fingerprint density at radius 3 is 2.65 bits per heavy atom. The minimum absolute atomic E-state index is 0.288. The van der Waals surface area contributed by atoms with Crippen molar-refractivity contribution < 1.29 is 5.11 Å². The summed E-state index contributed by atoms with van der Waals surface area (Å²) in [4.78, 5) is 0. The highest BCUT2D eigenvalue weighted by Gasteiger charge is 1.99. The summed E-state index contributed by atoms with van der Waals surface area (Å²) in [6.45, 7) is 6.79. The quantitative estimate of drug-likeness (QED) is 0.778. The third-order valence-electron chi connectivity index (χ3n) is 3.03. The van der Waals surface area contributed by atoms with Crippen LogP contribution in [0.25, 0.3) is 6.08 Å². The lowest BCUT2D eigenvalue weighted by Crippen LogP contribution is -1.98. The Kier molecular flexibility index (Phi) is 5.99. The van der Waals surface area contributed by atoms with E-state index in [4.69, 9.17) is 5.11 Å². The highest BCUT2D eigenvalue weighted by molar-refractivity contribution is 5.50. The summed E-state index contributed by atoms with van der Waals surface area (Å²) in [5.74, 6) is 0.986. The van der Waals surface area contributed by atoms with E-state index < -0.39 is 0 Å². The number of hydrogen-bond donors (Lipinski definition) is 1. The molecule has 0 saturated heterocycles. The summed E-state index contributed by atoms with van der Waals surface area (Å²) in [5, 5.41) is 8.92. The zero-order valence-electron chi connectivity index (χ0n) is 11.2. The molecule has 1 rings (SSSR count). The Bertz CT molecular complexity index is 352. The van der Waals surface area contributed by atoms with Gasteiger partial charge in [-0.3, -0.25) is 0 Å². The molecule has 0 spiro atoms. The summed E-state index contributed by atoms with van der Waals surface area (Å²) < 4.78 is 0. The molecule has 0 amide bonds. The molecule has 1 heteroatoms. The van der Waals surface area contributed by atoms with E-state index in [2.05, 4.69) is 57.2 Å². The first kappa shape index (κ1) is 14.0. The van der Waals surface area contributed by atoms with Gasteiger partial charge >= 0.3 is 0 Å². The number of benzene rings is 1. The highest BCUT2D eigenvalue weighted by Crippen LogP contribution is 2.16. The average molecular weight is 232 g/mol. The van der Waals surface area contributed by atoms with Crippen molar-refractivity contribution in [3.8, 4) is 0 Å². The van der Waals surface area contributed by atoms with Crippen LogP contribution in [-0.4, -0.2) is 11.7 Å². The molecule has 0 saturated carbocycles. The lowest BCUT2D eigenvalue weighted by atomic mass is 10.0. The lowest BCUT2D eigenvalue weighted by Gasteiger charge is -2.06. The molecule has 1 N–H and O–H groups in total. The number of aliphatic hydroxyl groups excluding tert-OH is 1. The van der Waals surface area contributed by atoms with Crippen LogP contribution in [0, 0.1) is 5.92 Å². The largest absolute Gasteiger partial charge is 0.396 e. The Labute approximate surface area is 105 Å². The predicted octanol–water partition coefficient (Wildman–Crippen LogP) is 4.23. The number of allylic oxidation sites excluding steroid dienone is 1. The van der Waals surface area contributed by atoms with Crippen LogP contribution in [0.1, 0.15) is 50.7 Å². The molecule has 94 valence electrons. The minimum atomic E-state index is 0.288. The number of aliphatic hydroxyl groups is 1. The maximum atomic E-state index is 8.92. The molecule has 17 heavy (non-hydrogen) atoms. The first-order chi connectivity index (χ1) is 8.13. The van der Waals surface area contributed by atoms with Crippen LogP contribution < -0.4 is 0 Å². The predicted molar refractivity (Wildman–Crippen MR) is 75.0 cm³/mol. The Morgan fingerprint density at radius 2 is 2.00 bits per heavy atom. The lowest BCUT2D eigenvalue weighted by molar-refractivity contribution is 0.231. The van der Waals surface area contributed by atoms with Crippen molar-refractivity contribution in [2.45, 2.75) is 39.5 Å². The molecule has 0 bridgehead atoms. The van der Waals surface area contributed by atoms with Crippen molar-refractivity contribution in [2.75, 3.05) is 6.61 Å². The van der Waals surface area contributed by atoms with E-state index in [9.17, 15) is 0 Å². The first-order valence-electron chi connectivity index (χ1n) is 6.51. The van der Waals surface area contributed by atoms with Gasteiger partial charge in [0.15, 0.2) is 0 Å². The Balaban J connectivity index is 2.50. The third-order valence-corrected chi connectivity index (χ3v) is 3.03. The summed E-state index contributed by atoms with van der Waals surface area (Å²) in [6, 6.07) is 8.68. The molecule has 0 radical (unpaired) electrons. The normalized spacial score (nSPS) is 13.5. The fourth-order valence-electron chi connectivity index (χ4n) is 1.71. The van der Waals surface area contributed by atoms with Crippen LogP contribution in [0.5, 0.6) is 0 Å². The molecule has 0 aliphatic carbocycles. The number of hydrogen-bond acceptors (Lipinski definition) is 1. The highest BCUT2D eigenvalue weighted by atomic mass is 16.3. The van der Waals surface area contributed by atoms with E-state index in [1.165, 1.54) is 11.1 Å². The van der Waals surface area contributed by atoms with Gasteiger partial charge in [0.25, 0.3) is 0 Å². The van der Waals surface area contributed by atoms with Crippen LogP contribution in [0.3, 0.4) is 0 Å². The second kappa shape index (κ2) is 7.29. The van der Waals surface area contributed by atoms with Gasteiger partial charge in [0.2, 0.25) is 0 Å². The molecule has 1 aromatic carbocycles. The third kappa shape index (κ3) is 5.18. The van der Waals surface area contributed by atoms with Gasteiger partial charge in [0.1, 0.15) is 0 Å². The van der Waals surface area contributed by atoms with E-state index in [1.807, 2.05) is 0 Å². The van der Waals surface area contributed by atoms with E-state index in [-0.39, 0.29) is 6.61 Å². The van der Waals surface area contributed by atoms with E-state index in [1.54, 1.807) is 0 Å². The SMILES string of the molecule is CC(C)c1cccc(C=CCC[C@H](C)CO)c1. The van der Waals surface area contributed by atoms with Crippen molar-refractivity contribution in [3.63, 3.8) is 0 Å².